The Morgan fingerprint density at radius 3 is 3.05 bits per heavy atom. The van der Waals surface area contributed by atoms with E-state index in [2.05, 4.69) is 4.98 Å². The van der Waals surface area contributed by atoms with Gasteiger partial charge in [0.1, 0.15) is 17.1 Å². The summed E-state index contributed by atoms with van der Waals surface area (Å²) in [5.41, 5.74) is 2.15. The number of hydrogen-bond donors (Lipinski definition) is 0. The molecule has 0 saturated carbocycles. The molecular weight excluding hydrogens is 293 g/mol. The third kappa shape index (κ3) is 2.90. The van der Waals surface area contributed by atoms with Gasteiger partial charge >= 0.3 is 5.97 Å². The molecule has 3 nitrogen and oxygen atoms in total. The van der Waals surface area contributed by atoms with Crippen LogP contribution in [0.5, 0.6) is 0 Å². The van der Waals surface area contributed by atoms with E-state index < -0.39 is 11.8 Å². The van der Waals surface area contributed by atoms with Crippen molar-refractivity contribution >= 4 is 17.6 Å². The first-order valence-corrected chi connectivity index (χ1v) is 7.13. The van der Waals surface area contributed by atoms with Crippen LogP contribution in [-0.2, 0) is 11.2 Å². The molecule has 1 atom stereocenters. The van der Waals surface area contributed by atoms with Crippen molar-refractivity contribution in [3.63, 3.8) is 0 Å². The second-order valence-electron chi connectivity index (χ2n) is 4.98. The van der Waals surface area contributed by atoms with E-state index in [9.17, 15) is 9.18 Å². The molecule has 1 aromatic heterocycles. The molecule has 0 spiro atoms. The lowest BCUT2D eigenvalue weighted by Crippen LogP contribution is -2.17. The van der Waals surface area contributed by atoms with Gasteiger partial charge in [-0.15, -0.1) is 0 Å². The van der Waals surface area contributed by atoms with Crippen molar-refractivity contribution in [1.82, 2.24) is 4.98 Å². The molecule has 1 unspecified atom stereocenters. The lowest BCUT2D eigenvalue weighted by atomic mass is 9.89. The van der Waals surface area contributed by atoms with Crippen molar-refractivity contribution in [3.8, 4) is 0 Å². The Labute approximate surface area is 126 Å². The number of pyridine rings is 1. The zero-order valence-corrected chi connectivity index (χ0v) is 11.9. The first-order chi connectivity index (χ1) is 10.1. The maximum Gasteiger partial charge on any atom is 0.342 e. The highest BCUT2D eigenvalue weighted by Crippen LogP contribution is 2.33. The number of rotatable bonds is 2. The molecule has 0 amide bonds. The lowest BCUT2D eigenvalue weighted by Gasteiger charge is -2.25. The van der Waals surface area contributed by atoms with Crippen LogP contribution in [0.25, 0.3) is 0 Å². The van der Waals surface area contributed by atoms with E-state index in [1.54, 1.807) is 0 Å². The third-order valence-electron chi connectivity index (χ3n) is 3.59. The van der Waals surface area contributed by atoms with Crippen molar-refractivity contribution in [2.75, 3.05) is 0 Å². The van der Waals surface area contributed by atoms with Gasteiger partial charge in [0.25, 0.3) is 0 Å². The van der Waals surface area contributed by atoms with Gasteiger partial charge in [0.2, 0.25) is 0 Å². The SMILES string of the molecule is O=C(OC1CCCc2ccccc21)c1cc(F)cnc1Cl. The molecule has 3 rings (SSSR count). The molecular formula is C16H13ClFNO2. The standard InChI is InChI=1S/C16H13ClFNO2/c17-15-13(8-11(18)9-19-15)16(20)21-14-7-3-5-10-4-1-2-6-12(10)14/h1-2,4,6,8-9,14H,3,5,7H2. The highest BCUT2D eigenvalue weighted by atomic mass is 35.5. The molecule has 1 aliphatic rings. The molecule has 0 aliphatic heterocycles. The maximum atomic E-state index is 13.2. The number of hydrogen-bond acceptors (Lipinski definition) is 3. The summed E-state index contributed by atoms with van der Waals surface area (Å²) in [6.07, 6.45) is 3.33. The summed E-state index contributed by atoms with van der Waals surface area (Å²) in [5.74, 6) is -1.26. The van der Waals surface area contributed by atoms with Crippen LogP contribution in [0.3, 0.4) is 0 Å². The van der Waals surface area contributed by atoms with E-state index in [0.717, 1.165) is 37.1 Å². The fraction of sp³-hybridized carbons (Fsp3) is 0.250. The smallest absolute Gasteiger partial charge is 0.342 e. The van der Waals surface area contributed by atoms with E-state index in [0.29, 0.717) is 0 Å². The number of nitrogens with zero attached hydrogens (tertiary/aromatic N) is 1. The number of carbonyl (C=O) groups excluding carboxylic acids is 1. The maximum absolute atomic E-state index is 13.2. The summed E-state index contributed by atoms with van der Waals surface area (Å²) >= 11 is 5.83. The molecule has 0 radical (unpaired) electrons. The summed E-state index contributed by atoms with van der Waals surface area (Å²) in [4.78, 5) is 15.8. The van der Waals surface area contributed by atoms with Crippen LogP contribution >= 0.6 is 11.6 Å². The Balaban J connectivity index is 1.84. The van der Waals surface area contributed by atoms with E-state index in [-0.39, 0.29) is 16.8 Å². The monoisotopic (exact) mass is 305 g/mol. The molecule has 21 heavy (non-hydrogen) atoms. The molecule has 0 saturated heterocycles. The van der Waals surface area contributed by atoms with Crippen molar-refractivity contribution in [3.05, 3.63) is 64.2 Å². The normalized spacial score (nSPS) is 17.1. The highest BCUT2D eigenvalue weighted by molar-refractivity contribution is 6.32. The van der Waals surface area contributed by atoms with Gasteiger partial charge in [0, 0.05) is 0 Å². The average Bonchev–Trinajstić information content (AvgIpc) is 2.50. The van der Waals surface area contributed by atoms with Gasteiger partial charge in [-0.2, -0.15) is 0 Å². The first kappa shape index (κ1) is 14.0. The van der Waals surface area contributed by atoms with Crippen LogP contribution < -0.4 is 0 Å². The van der Waals surface area contributed by atoms with Crippen molar-refractivity contribution in [2.24, 2.45) is 0 Å². The Morgan fingerprint density at radius 1 is 1.38 bits per heavy atom. The highest BCUT2D eigenvalue weighted by Gasteiger charge is 2.25. The first-order valence-electron chi connectivity index (χ1n) is 6.75. The second kappa shape index (κ2) is 5.82. The minimum atomic E-state index is -0.645. The van der Waals surface area contributed by atoms with Crippen molar-refractivity contribution in [1.29, 1.82) is 0 Å². The van der Waals surface area contributed by atoms with E-state index >= 15 is 0 Å². The van der Waals surface area contributed by atoms with Gasteiger partial charge in [-0.3, -0.25) is 0 Å². The summed E-state index contributed by atoms with van der Waals surface area (Å²) in [6, 6.07) is 8.93. The molecule has 1 aliphatic carbocycles. The van der Waals surface area contributed by atoms with Crippen LogP contribution in [0.4, 0.5) is 4.39 Å². The Bertz CT molecular complexity index is 690. The third-order valence-corrected chi connectivity index (χ3v) is 3.89. The summed E-state index contributed by atoms with van der Waals surface area (Å²) in [7, 11) is 0. The van der Waals surface area contributed by atoms with Gasteiger partial charge in [0.05, 0.1) is 11.8 Å². The number of carbonyl (C=O) groups is 1. The van der Waals surface area contributed by atoms with Gasteiger partial charge in [0.15, 0.2) is 0 Å². The minimum Gasteiger partial charge on any atom is -0.454 e. The fourth-order valence-electron chi connectivity index (χ4n) is 2.59. The fourth-order valence-corrected chi connectivity index (χ4v) is 2.77. The summed E-state index contributed by atoms with van der Waals surface area (Å²) in [6.45, 7) is 0. The largest absolute Gasteiger partial charge is 0.454 e. The van der Waals surface area contributed by atoms with Crippen LogP contribution in [0.15, 0.2) is 36.5 Å². The Hall–Kier alpha value is -1.94. The van der Waals surface area contributed by atoms with E-state index in [1.807, 2.05) is 24.3 Å². The molecule has 5 heteroatoms. The summed E-state index contributed by atoms with van der Waals surface area (Å²) in [5, 5.41) is -0.0505. The molecule has 1 heterocycles. The quantitative estimate of drug-likeness (QED) is 0.619. The van der Waals surface area contributed by atoms with Crippen LogP contribution in [0, 0.1) is 5.82 Å². The Kier molecular flexibility index (Phi) is 3.88. The predicted molar refractivity (Wildman–Crippen MR) is 76.7 cm³/mol. The zero-order valence-electron chi connectivity index (χ0n) is 11.2. The number of aromatic nitrogens is 1. The molecule has 0 N–H and O–H groups in total. The molecule has 1 aromatic carbocycles. The van der Waals surface area contributed by atoms with E-state index in [1.165, 1.54) is 5.56 Å². The molecule has 108 valence electrons. The second-order valence-corrected chi connectivity index (χ2v) is 5.33. The number of esters is 1. The molecule has 0 fully saturated rings. The van der Waals surface area contributed by atoms with Gasteiger partial charge in [-0.1, -0.05) is 35.9 Å². The number of ether oxygens (including phenoxy) is 1. The number of benzene rings is 1. The van der Waals surface area contributed by atoms with E-state index in [4.69, 9.17) is 16.3 Å². The number of fused-ring (bicyclic) bond motifs is 1. The lowest BCUT2D eigenvalue weighted by molar-refractivity contribution is 0.0255. The van der Waals surface area contributed by atoms with Crippen molar-refractivity contribution in [2.45, 2.75) is 25.4 Å². The number of aryl methyl sites for hydroxylation is 1. The Morgan fingerprint density at radius 2 is 2.19 bits per heavy atom. The average molecular weight is 306 g/mol. The van der Waals surface area contributed by atoms with Crippen LogP contribution in [0.1, 0.15) is 40.4 Å². The van der Waals surface area contributed by atoms with Gasteiger partial charge < -0.3 is 4.74 Å². The molecule has 2 aromatic rings. The summed E-state index contributed by atoms with van der Waals surface area (Å²) < 4.78 is 18.7. The van der Waals surface area contributed by atoms with Crippen LogP contribution in [-0.4, -0.2) is 11.0 Å². The topological polar surface area (TPSA) is 39.2 Å². The van der Waals surface area contributed by atoms with Crippen LogP contribution in [0.2, 0.25) is 5.15 Å². The van der Waals surface area contributed by atoms with Crippen molar-refractivity contribution < 1.29 is 13.9 Å². The zero-order chi connectivity index (χ0) is 14.8. The molecule has 0 bridgehead atoms. The predicted octanol–water partition coefficient (Wildman–Crippen LogP) is 4.11. The number of halogens is 2. The van der Waals surface area contributed by atoms with Gasteiger partial charge in [-0.25, -0.2) is 14.2 Å². The minimum absolute atomic E-state index is 0.0419. The van der Waals surface area contributed by atoms with Gasteiger partial charge in [-0.05, 0) is 36.5 Å².